The highest BCUT2D eigenvalue weighted by Crippen LogP contribution is 2.19. The molecule has 1 heterocycles. The fourth-order valence-electron chi connectivity index (χ4n) is 1.29. The summed E-state index contributed by atoms with van der Waals surface area (Å²) in [7, 11) is 0. The minimum Gasteiger partial charge on any atom is -0.390 e. The first-order valence-electron chi connectivity index (χ1n) is 3.63. The van der Waals surface area contributed by atoms with Crippen molar-refractivity contribution in [3.8, 4) is 0 Å². The van der Waals surface area contributed by atoms with Crippen molar-refractivity contribution in [2.45, 2.75) is 44.7 Å². The van der Waals surface area contributed by atoms with Gasteiger partial charge < -0.3 is 14.9 Å². The second-order valence-corrected chi connectivity index (χ2v) is 2.95. The quantitative estimate of drug-likeness (QED) is 0.502. The van der Waals surface area contributed by atoms with Crippen LogP contribution in [0.4, 0.5) is 0 Å². The molecule has 4 atom stereocenters. The molecule has 0 aliphatic carbocycles. The Hall–Kier alpha value is -0.120. The highest BCUT2D eigenvalue weighted by Gasteiger charge is 2.31. The average Bonchev–Trinajstić information content (AvgIpc) is 1.82. The van der Waals surface area contributed by atoms with E-state index in [4.69, 9.17) is 4.74 Å². The van der Waals surface area contributed by atoms with Crippen LogP contribution in [0.3, 0.4) is 0 Å². The summed E-state index contributed by atoms with van der Waals surface area (Å²) in [5.41, 5.74) is 0. The zero-order valence-corrected chi connectivity index (χ0v) is 6.32. The second-order valence-electron chi connectivity index (χ2n) is 2.95. The van der Waals surface area contributed by atoms with Crippen molar-refractivity contribution in [3.05, 3.63) is 0 Å². The molecule has 60 valence electrons. The van der Waals surface area contributed by atoms with Crippen LogP contribution < -0.4 is 0 Å². The third-order valence-corrected chi connectivity index (χ3v) is 1.90. The standard InChI is InChI=1S/C7H14O3/c1-4-3-6(8)7(9)5(2)10-4/h4-9H,3H2,1-2H3/t4-,5?,6+,7?/m0/s1. The van der Waals surface area contributed by atoms with Gasteiger partial charge in [-0.15, -0.1) is 0 Å². The summed E-state index contributed by atoms with van der Waals surface area (Å²) < 4.78 is 5.26. The third kappa shape index (κ3) is 1.48. The van der Waals surface area contributed by atoms with Crippen LogP contribution >= 0.6 is 0 Å². The SMILES string of the molecule is CC1O[C@@H](C)C[C@@H](O)C1O. The van der Waals surface area contributed by atoms with Crippen LogP contribution in [0.2, 0.25) is 0 Å². The highest BCUT2D eigenvalue weighted by molar-refractivity contribution is 4.80. The largest absolute Gasteiger partial charge is 0.390 e. The smallest absolute Gasteiger partial charge is 0.106 e. The minimum absolute atomic E-state index is 0.0633. The molecule has 0 aromatic heterocycles. The van der Waals surface area contributed by atoms with Crippen molar-refractivity contribution in [1.29, 1.82) is 0 Å². The van der Waals surface area contributed by atoms with E-state index < -0.39 is 12.2 Å². The number of rotatable bonds is 0. The molecule has 0 radical (unpaired) electrons. The Morgan fingerprint density at radius 2 is 1.90 bits per heavy atom. The van der Waals surface area contributed by atoms with Gasteiger partial charge in [0.2, 0.25) is 0 Å². The maximum absolute atomic E-state index is 9.19. The zero-order chi connectivity index (χ0) is 7.72. The Balaban J connectivity index is 2.49. The van der Waals surface area contributed by atoms with Crippen LogP contribution in [-0.4, -0.2) is 34.6 Å². The molecule has 0 amide bonds. The maximum atomic E-state index is 9.19. The maximum Gasteiger partial charge on any atom is 0.106 e. The van der Waals surface area contributed by atoms with E-state index in [2.05, 4.69) is 0 Å². The fourth-order valence-corrected chi connectivity index (χ4v) is 1.29. The number of hydrogen-bond acceptors (Lipinski definition) is 3. The normalized spacial score (nSPS) is 49.2. The Labute approximate surface area is 60.6 Å². The highest BCUT2D eigenvalue weighted by atomic mass is 16.5. The zero-order valence-electron chi connectivity index (χ0n) is 6.32. The monoisotopic (exact) mass is 146 g/mol. The molecule has 2 N–H and O–H groups in total. The van der Waals surface area contributed by atoms with Gasteiger partial charge in [-0.3, -0.25) is 0 Å². The van der Waals surface area contributed by atoms with Crippen LogP contribution in [0.1, 0.15) is 20.3 Å². The number of ether oxygens (including phenoxy) is 1. The van der Waals surface area contributed by atoms with Crippen molar-refractivity contribution < 1.29 is 14.9 Å². The Kier molecular flexibility index (Phi) is 2.28. The number of aliphatic hydroxyl groups excluding tert-OH is 2. The first-order chi connectivity index (χ1) is 4.61. The van der Waals surface area contributed by atoms with Gasteiger partial charge in [-0.1, -0.05) is 0 Å². The molecule has 10 heavy (non-hydrogen) atoms. The van der Waals surface area contributed by atoms with E-state index in [1.165, 1.54) is 0 Å². The van der Waals surface area contributed by atoms with Crippen molar-refractivity contribution in [2.75, 3.05) is 0 Å². The fraction of sp³-hybridized carbons (Fsp3) is 1.00. The summed E-state index contributed by atoms with van der Waals surface area (Å²) in [4.78, 5) is 0. The molecular weight excluding hydrogens is 132 g/mol. The molecule has 0 aromatic rings. The number of hydrogen-bond donors (Lipinski definition) is 2. The molecule has 1 saturated heterocycles. The van der Waals surface area contributed by atoms with Crippen LogP contribution in [0.25, 0.3) is 0 Å². The van der Waals surface area contributed by atoms with Crippen LogP contribution in [0, 0.1) is 0 Å². The van der Waals surface area contributed by atoms with Crippen molar-refractivity contribution in [2.24, 2.45) is 0 Å². The van der Waals surface area contributed by atoms with E-state index in [0.717, 1.165) is 0 Å². The summed E-state index contributed by atoms with van der Waals surface area (Å²) in [5.74, 6) is 0. The Bertz CT molecular complexity index is 103. The van der Waals surface area contributed by atoms with E-state index in [1.807, 2.05) is 6.92 Å². The molecular formula is C7H14O3. The lowest BCUT2D eigenvalue weighted by Crippen LogP contribution is -2.45. The van der Waals surface area contributed by atoms with Gasteiger partial charge in [-0.05, 0) is 13.8 Å². The first-order valence-corrected chi connectivity index (χ1v) is 3.63. The van der Waals surface area contributed by atoms with E-state index in [1.54, 1.807) is 6.92 Å². The molecule has 0 aromatic carbocycles. The van der Waals surface area contributed by atoms with Gasteiger partial charge >= 0.3 is 0 Å². The van der Waals surface area contributed by atoms with Crippen molar-refractivity contribution in [3.63, 3.8) is 0 Å². The van der Waals surface area contributed by atoms with Crippen molar-refractivity contribution >= 4 is 0 Å². The summed E-state index contributed by atoms with van der Waals surface area (Å²) in [5, 5.41) is 18.4. The predicted molar refractivity (Wildman–Crippen MR) is 36.6 cm³/mol. The molecule has 0 saturated carbocycles. The minimum atomic E-state index is -0.712. The topological polar surface area (TPSA) is 49.7 Å². The predicted octanol–water partition coefficient (Wildman–Crippen LogP) is -0.0945. The molecule has 3 heteroatoms. The summed E-state index contributed by atoms with van der Waals surface area (Å²) in [6.45, 7) is 3.66. The van der Waals surface area contributed by atoms with Crippen LogP contribution in [-0.2, 0) is 4.74 Å². The second kappa shape index (κ2) is 2.86. The van der Waals surface area contributed by atoms with Gasteiger partial charge in [0.15, 0.2) is 0 Å². The van der Waals surface area contributed by atoms with Gasteiger partial charge in [-0.2, -0.15) is 0 Å². The lowest BCUT2D eigenvalue weighted by Gasteiger charge is -2.33. The van der Waals surface area contributed by atoms with Crippen molar-refractivity contribution in [1.82, 2.24) is 0 Å². The van der Waals surface area contributed by atoms with E-state index in [0.29, 0.717) is 6.42 Å². The molecule has 1 aliphatic heterocycles. The summed E-state index contributed by atoms with van der Waals surface area (Å²) >= 11 is 0. The summed E-state index contributed by atoms with van der Waals surface area (Å²) in [6, 6.07) is 0. The Morgan fingerprint density at radius 3 is 2.40 bits per heavy atom. The number of aliphatic hydroxyl groups is 2. The lowest BCUT2D eigenvalue weighted by molar-refractivity contribution is -0.156. The average molecular weight is 146 g/mol. The lowest BCUT2D eigenvalue weighted by atomic mass is 10.00. The Morgan fingerprint density at radius 1 is 1.30 bits per heavy atom. The van der Waals surface area contributed by atoms with Gasteiger partial charge in [0.05, 0.1) is 18.3 Å². The molecule has 3 nitrogen and oxygen atoms in total. The first kappa shape index (κ1) is 7.98. The van der Waals surface area contributed by atoms with E-state index >= 15 is 0 Å². The van der Waals surface area contributed by atoms with E-state index in [-0.39, 0.29) is 12.2 Å². The summed E-state index contributed by atoms with van der Waals surface area (Å²) in [6.07, 6.45) is -0.965. The molecule has 1 aliphatic rings. The van der Waals surface area contributed by atoms with Gasteiger partial charge in [0.1, 0.15) is 6.10 Å². The molecule has 0 spiro atoms. The van der Waals surface area contributed by atoms with Gasteiger partial charge in [0, 0.05) is 6.42 Å². The third-order valence-electron chi connectivity index (χ3n) is 1.90. The van der Waals surface area contributed by atoms with Gasteiger partial charge in [0.25, 0.3) is 0 Å². The molecule has 1 fully saturated rings. The van der Waals surface area contributed by atoms with E-state index in [9.17, 15) is 10.2 Å². The van der Waals surface area contributed by atoms with Crippen LogP contribution in [0.5, 0.6) is 0 Å². The van der Waals surface area contributed by atoms with Gasteiger partial charge in [-0.25, -0.2) is 0 Å². The molecule has 1 rings (SSSR count). The molecule has 2 unspecified atom stereocenters. The van der Waals surface area contributed by atoms with Crippen LogP contribution in [0.15, 0.2) is 0 Å². The molecule has 0 bridgehead atoms.